The van der Waals surface area contributed by atoms with Gasteiger partial charge in [0.2, 0.25) is 11.8 Å². The molecule has 0 spiro atoms. The van der Waals surface area contributed by atoms with Gasteiger partial charge in [0.05, 0.1) is 0 Å². The molecule has 23 heavy (non-hydrogen) atoms. The van der Waals surface area contributed by atoms with Crippen molar-refractivity contribution >= 4 is 29.9 Å². The summed E-state index contributed by atoms with van der Waals surface area (Å²) < 4.78 is 0. The summed E-state index contributed by atoms with van der Waals surface area (Å²) >= 11 is 0. The fraction of sp³-hybridized carbons (Fsp3) is 0.529. The first kappa shape index (κ1) is 17.8. The standard InChI is InChI=1S/C17H23N3O2.ClH/c18-14-5-3-10-19(12-14)16(21)9-11-20-15-6-2-1-4-13(15)7-8-17(20)22;/h1-2,4,6,14H,3,5,7-12,18H2;1H. The van der Waals surface area contributed by atoms with Crippen LogP contribution in [0.3, 0.4) is 0 Å². The molecule has 0 radical (unpaired) electrons. The fourth-order valence-corrected chi connectivity index (χ4v) is 3.34. The maximum absolute atomic E-state index is 12.3. The van der Waals surface area contributed by atoms with E-state index in [4.69, 9.17) is 5.73 Å². The van der Waals surface area contributed by atoms with E-state index in [1.54, 1.807) is 4.90 Å². The Hall–Kier alpha value is -1.59. The van der Waals surface area contributed by atoms with Crippen molar-refractivity contribution in [2.24, 2.45) is 5.73 Å². The van der Waals surface area contributed by atoms with Gasteiger partial charge in [-0.3, -0.25) is 9.59 Å². The van der Waals surface area contributed by atoms with Gasteiger partial charge in [-0.2, -0.15) is 0 Å². The Morgan fingerprint density at radius 2 is 2.04 bits per heavy atom. The van der Waals surface area contributed by atoms with Gasteiger partial charge >= 0.3 is 0 Å². The summed E-state index contributed by atoms with van der Waals surface area (Å²) in [4.78, 5) is 28.1. The minimum atomic E-state index is 0. The van der Waals surface area contributed by atoms with Gasteiger partial charge in [0.1, 0.15) is 0 Å². The molecular formula is C17H24ClN3O2. The van der Waals surface area contributed by atoms with Gasteiger partial charge in [-0.15, -0.1) is 12.4 Å². The molecule has 6 heteroatoms. The Balaban J connectivity index is 0.00000192. The molecule has 2 aliphatic rings. The number of hydrogen-bond acceptors (Lipinski definition) is 3. The van der Waals surface area contributed by atoms with E-state index in [-0.39, 0.29) is 30.3 Å². The predicted molar refractivity (Wildman–Crippen MR) is 92.8 cm³/mol. The number of rotatable bonds is 3. The van der Waals surface area contributed by atoms with Crippen LogP contribution in [0.5, 0.6) is 0 Å². The van der Waals surface area contributed by atoms with Crippen molar-refractivity contribution in [3.8, 4) is 0 Å². The maximum atomic E-state index is 12.3. The van der Waals surface area contributed by atoms with E-state index in [0.717, 1.165) is 31.5 Å². The van der Waals surface area contributed by atoms with Crippen molar-refractivity contribution in [2.75, 3.05) is 24.5 Å². The molecule has 0 saturated carbocycles. The first-order valence-electron chi connectivity index (χ1n) is 8.07. The number of nitrogens with two attached hydrogens (primary N) is 1. The molecule has 5 nitrogen and oxygen atoms in total. The lowest BCUT2D eigenvalue weighted by Gasteiger charge is -2.33. The molecule has 1 aromatic carbocycles. The first-order chi connectivity index (χ1) is 10.6. The van der Waals surface area contributed by atoms with Crippen molar-refractivity contribution in [3.05, 3.63) is 29.8 Å². The van der Waals surface area contributed by atoms with Crippen molar-refractivity contribution < 1.29 is 9.59 Å². The third-order valence-corrected chi connectivity index (χ3v) is 4.55. The number of benzene rings is 1. The SMILES string of the molecule is Cl.NC1CCCN(C(=O)CCN2C(=O)CCc3ccccc32)C1. The average molecular weight is 338 g/mol. The molecular weight excluding hydrogens is 314 g/mol. The van der Waals surface area contributed by atoms with Crippen LogP contribution in [0.2, 0.25) is 0 Å². The largest absolute Gasteiger partial charge is 0.341 e. The van der Waals surface area contributed by atoms with E-state index in [1.165, 1.54) is 5.56 Å². The Morgan fingerprint density at radius 1 is 1.26 bits per heavy atom. The number of amides is 2. The predicted octanol–water partition coefficient (Wildman–Crippen LogP) is 1.73. The van der Waals surface area contributed by atoms with E-state index in [0.29, 0.717) is 25.9 Å². The summed E-state index contributed by atoms with van der Waals surface area (Å²) in [5.41, 5.74) is 8.08. The molecule has 2 aliphatic heterocycles. The number of fused-ring (bicyclic) bond motifs is 1. The maximum Gasteiger partial charge on any atom is 0.227 e. The van der Waals surface area contributed by atoms with Crippen molar-refractivity contribution in [1.82, 2.24) is 4.90 Å². The lowest BCUT2D eigenvalue weighted by molar-refractivity contribution is -0.132. The molecule has 2 amide bonds. The third-order valence-electron chi connectivity index (χ3n) is 4.55. The number of carbonyl (C=O) groups excluding carboxylic acids is 2. The average Bonchev–Trinajstić information content (AvgIpc) is 2.53. The van der Waals surface area contributed by atoms with E-state index in [1.807, 2.05) is 23.1 Å². The van der Waals surface area contributed by atoms with Crippen LogP contribution in [-0.4, -0.2) is 42.4 Å². The summed E-state index contributed by atoms with van der Waals surface area (Å²) in [5, 5.41) is 0. The van der Waals surface area contributed by atoms with Crippen LogP contribution in [0.25, 0.3) is 0 Å². The zero-order valence-corrected chi connectivity index (χ0v) is 14.1. The van der Waals surface area contributed by atoms with Crippen LogP contribution in [0.15, 0.2) is 24.3 Å². The van der Waals surface area contributed by atoms with Crippen LogP contribution in [-0.2, 0) is 16.0 Å². The Morgan fingerprint density at radius 3 is 2.83 bits per heavy atom. The van der Waals surface area contributed by atoms with Crippen molar-refractivity contribution in [2.45, 2.75) is 38.1 Å². The molecule has 1 unspecified atom stereocenters. The third kappa shape index (κ3) is 4.03. The summed E-state index contributed by atoms with van der Waals surface area (Å²) in [7, 11) is 0. The van der Waals surface area contributed by atoms with Gasteiger partial charge in [0.15, 0.2) is 0 Å². The van der Waals surface area contributed by atoms with E-state index in [9.17, 15) is 9.59 Å². The molecule has 0 aliphatic carbocycles. The van der Waals surface area contributed by atoms with E-state index >= 15 is 0 Å². The molecule has 126 valence electrons. The molecule has 2 heterocycles. The number of para-hydroxylation sites is 1. The quantitative estimate of drug-likeness (QED) is 0.913. The summed E-state index contributed by atoms with van der Waals surface area (Å²) in [6.45, 7) is 1.89. The van der Waals surface area contributed by atoms with Crippen molar-refractivity contribution in [3.63, 3.8) is 0 Å². The Bertz CT molecular complexity index is 579. The van der Waals surface area contributed by atoms with Crippen LogP contribution in [0.4, 0.5) is 5.69 Å². The number of hydrogen-bond donors (Lipinski definition) is 1. The molecule has 1 saturated heterocycles. The highest BCUT2D eigenvalue weighted by Crippen LogP contribution is 2.27. The van der Waals surface area contributed by atoms with Gasteiger partial charge in [-0.05, 0) is 30.9 Å². The fourth-order valence-electron chi connectivity index (χ4n) is 3.34. The smallest absolute Gasteiger partial charge is 0.227 e. The minimum absolute atomic E-state index is 0. The normalized spacial score (nSPS) is 20.7. The number of carbonyl (C=O) groups is 2. The Labute approximate surface area is 143 Å². The number of aryl methyl sites for hydroxylation is 1. The van der Waals surface area contributed by atoms with Gasteiger partial charge in [-0.1, -0.05) is 18.2 Å². The molecule has 1 atom stereocenters. The second-order valence-electron chi connectivity index (χ2n) is 6.17. The lowest BCUT2D eigenvalue weighted by Crippen LogP contribution is -2.47. The molecule has 0 bridgehead atoms. The van der Waals surface area contributed by atoms with Crippen LogP contribution >= 0.6 is 12.4 Å². The van der Waals surface area contributed by atoms with Crippen LogP contribution in [0, 0.1) is 0 Å². The van der Waals surface area contributed by atoms with Gasteiger partial charge < -0.3 is 15.5 Å². The number of halogens is 1. The van der Waals surface area contributed by atoms with Gasteiger partial charge in [0, 0.05) is 44.2 Å². The zero-order chi connectivity index (χ0) is 15.5. The molecule has 1 aromatic rings. The highest BCUT2D eigenvalue weighted by molar-refractivity contribution is 5.97. The van der Waals surface area contributed by atoms with Crippen molar-refractivity contribution in [1.29, 1.82) is 0 Å². The van der Waals surface area contributed by atoms with Gasteiger partial charge in [0.25, 0.3) is 0 Å². The lowest BCUT2D eigenvalue weighted by atomic mass is 10.0. The van der Waals surface area contributed by atoms with Crippen LogP contribution in [0.1, 0.15) is 31.2 Å². The number of piperidine rings is 1. The second-order valence-corrected chi connectivity index (χ2v) is 6.17. The number of likely N-dealkylation sites (tertiary alicyclic amines) is 1. The summed E-state index contributed by atoms with van der Waals surface area (Å²) in [5.74, 6) is 0.216. The first-order valence-corrected chi connectivity index (χ1v) is 8.07. The summed E-state index contributed by atoms with van der Waals surface area (Å²) in [6, 6.07) is 8.05. The zero-order valence-electron chi connectivity index (χ0n) is 13.2. The number of anilines is 1. The highest BCUT2D eigenvalue weighted by Gasteiger charge is 2.26. The molecule has 2 N–H and O–H groups in total. The second kappa shape index (κ2) is 7.79. The number of nitrogens with zero attached hydrogens (tertiary/aromatic N) is 2. The van der Waals surface area contributed by atoms with Gasteiger partial charge in [-0.25, -0.2) is 0 Å². The molecule has 0 aromatic heterocycles. The highest BCUT2D eigenvalue weighted by atomic mass is 35.5. The molecule has 3 rings (SSSR count). The van der Waals surface area contributed by atoms with Crippen LogP contribution < -0.4 is 10.6 Å². The molecule has 1 fully saturated rings. The Kier molecular flexibility index (Phi) is 6.02. The van der Waals surface area contributed by atoms with E-state index < -0.39 is 0 Å². The topological polar surface area (TPSA) is 66.6 Å². The van der Waals surface area contributed by atoms with E-state index in [2.05, 4.69) is 6.07 Å². The minimum Gasteiger partial charge on any atom is -0.341 e. The monoisotopic (exact) mass is 337 g/mol. The summed E-state index contributed by atoms with van der Waals surface area (Å²) in [6.07, 6.45) is 3.65.